The first-order valence-corrected chi connectivity index (χ1v) is 10.3. The van der Waals surface area contributed by atoms with Crippen LogP contribution in [0.2, 0.25) is 0 Å². The fourth-order valence-corrected chi connectivity index (χ4v) is 7.49. The van der Waals surface area contributed by atoms with Gasteiger partial charge >= 0.3 is 5.97 Å². The maximum Gasteiger partial charge on any atom is 0.310 e. The Kier molecular flexibility index (Phi) is 4.37. The number of hydrogen-bond donors (Lipinski definition) is 2. The fourth-order valence-electron chi connectivity index (χ4n) is 7.49. The monoisotopic (exact) mass is 374 g/mol. The van der Waals surface area contributed by atoms with Crippen molar-refractivity contribution < 1.29 is 24.6 Å². The first-order valence-electron chi connectivity index (χ1n) is 10.3. The lowest BCUT2D eigenvalue weighted by Crippen LogP contribution is -2.57. The number of hydrogen-bond acceptors (Lipinski definition) is 4. The van der Waals surface area contributed by atoms with Crippen LogP contribution in [-0.2, 0) is 14.4 Å². The molecule has 27 heavy (non-hydrogen) atoms. The number of fused-ring (bicyclic) bond motifs is 5. The SMILES string of the molecule is CC12CCC(=O)C=C1CCC1C2C(O)CC2(C)C(C(=O)CC(=O)O)CCC12. The standard InChI is InChI=1S/C22H30O5/c1-21-8-7-13(23)9-12(21)3-4-14-15-5-6-16(17(24)10-19(26)27)22(15,2)11-18(25)20(14)21/h9,14-16,18,20,25H,3-8,10-11H2,1-2H3,(H,26,27). The first-order chi connectivity index (χ1) is 12.7. The minimum atomic E-state index is -1.06. The lowest BCUT2D eigenvalue weighted by Gasteiger charge is -2.59. The molecule has 2 N–H and O–H groups in total. The van der Waals surface area contributed by atoms with Gasteiger partial charge in [0.1, 0.15) is 12.2 Å². The molecular weight excluding hydrogens is 344 g/mol. The van der Waals surface area contributed by atoms with E-state index in [4.69, 9.17) is 5.11 Å². The number of aliphatic hydroxyl groups is 1. The summed E-state index contributed by atoms with van der Waals surface area (Å²) in [5.74, 6) is -0.460. The molecule has 5 nitrogen and oxygen atoms in total. The second-order valence-electron chi connectivity index (χ2n) is 9.83. The summed E-state index contributed by atoms with van der Waals surface area (Å²) in [6, 6.07) is 0. The molecule has 0 heterocycles. The molecule has 0 spiro atoms. The molecule has 0 aliphatic heterocycles. The van der Waals surface area contributed by atoms with Crippen LogP contribution in [0.5, 0.6) is 0 Å². The Morgan fingerprint density at radius 2 is 1.93 bits per heavy atom. The van der Waals surface area contributed by atoms with E-state index in [1.807, 2.05) is 6.08 Å². The van der Waals surface area contributed by atoms with Gasteiger partial charge in [0.25, 0.3) is 0 Å². The van der Waals surface area contributed by atoms with Crippen LogP contribution in [0.4, 0.5) is 0 Å². The Morgan fingerprint density at radius 1 is 1.19 bits per heavy atom. The van der Waals surface area contributed by atoms with Gasteiger partial charge in [0, 0.05) is 12.3 Å². The lowest BCUT2D eigenvalue weighted by atomic mass is 9.46. The number of carboxylic acids is 1. The molecule has 4 rings (SSSR count). The van der Waals surface area contributed by atoms with E-state index in [1.54, 1.807) is 0 Å². The van der Waals surface area contributed by atoms with Gasteiger partial charge in [0.15, 0.2) is 5.78 Å². The highest BCUT2D eigenvalue weighted by atomic mass is 16.4. The summed E-state index contributed by atoms with van der Waals surface area (Å²) < 4.78 is 0. The zero-order valence-corrected chi connectivity index (χ0v) is 16.2. The summed E-state index contributed by atoms with van der Waals surface area (Å²) in [6.45, 7) is 4.32. The summed E-state index contributed by atoms with van der Waals surface area (Å²) in [5, 5.41) is 20.3. The van der Waals surface area contributed by atoms with E-state index in [-0.39, 0.29) is 34.2 Å². The van der Waals surface area contributed by atoms with E-state index >= 15 is 0 Å². The first kappa shape index (κ1) is 18.9. The van der Waals surface area contributed by atoms with Crippen molar-refractivity contribution in [3.8, 4) is 0 Å². The van der Waals surface area contributed by atoms with Crippen molar-refractivity contribution in [2.24, 2.45) is 34.5 Å². The van der Waals surface area contributed by atoms with Crippen molar-refractivity contribution in [2.75, 3.05) is 0 Å². The van der Waals surface area contributed by atoms with Crippen molar-refractivity contribution in [2.45, 2.75) is 71.3 Å². The van der Waals surface area contributed by atoms with Gasteiger partial charge in [0.2, 0.25) is 0 Å². The maximum absolute atomic E-state index is 12.6. The number of aliphatic hydroxyl groups excluding tert-OH is 1. The molecule has 4 aliphatic rings. The van der Waals surface area contributed by atoms with E-state index in [0.29, 0.717) is 24.7 Å². The van der Waals surface area contributed by atoms with Gasteiger partial charge in [-0.1, -0.05) is 19.4 Å². The van der Waals surface area contributed by atoms with E-state index in [2.05, 4.69) is 13.8 Å². The van der Waals surface area contributed by atoms with Crippen molar-refractivity contribution in [1.29, 1.82) is 0 Å². The summed E-state index contributed by atoms with van der Waals surface area (Å²) >= 11 is 0. The van der Waals surface area contributed by atoms with Gasteiger partial charge in [-0.2, -0.15) is 0 Å². The molecule has 7 atom stereocenters. The number of carboxylic acid groups (broad SMARTS) is 1. The minimum absolute atomic E-state index is 0.124. The topological polar surface area (TPSA) is 91.7 Å². The number of aliphatic carboxylic acids is 1. The quantitative estimate of drug-likeness (QED) is 0.741. The highest BCUT2D eigenvalue weighted by Crippen LogP contribution is 2.66. The normalized spacial score (nSPS) is 46.1. The molecule has 0 aromatic rings. The van der Waals surface area contributed by atoms with Crippen LogP contribution in [-0.4, -0.2) is 33.9 Å². The van der Waals surface area contributed by atoms with E-state index in [9.17, 15) is 19.5 Å². The number of Topliss-reactive ketones (excluding diaryl/α,β-unsaturated/α-hetero) is 1. The van der Waals surface area contributed by atoms with Crippen LogP contribution in [0.1, 0.15) is 65.2 Å². The Hall–Kier alpha value is -1.49. The Balaban J connectivity index is 1.65. The predicted molar refractivity (Wildman–Crippen MR) is 98.8 cm³/mol. The Bertz CT molecular complexity index is 724. The van der Waals surface area contributed by atoms with Gasteiger partial charge in [-0.3, -0.25) is 14.4 Å². The third kappa shape index (κ3) is 2.72. The second-order valence-corrected chi connectivity index (χ2v) is 9.83. The molecule has 7 unspecified atom stereocenters. The molecule has 148 valence electrons. The van der Waals surface area contributed by atoms with E-state index < -0.39 is 18.5 Å². The average Bonchev–Trinajstić information content (AvgIpc) is 2.91. The third-order valence-electron chi connectivity index (χ3n) is 8.61. The zero-order chi connectivity index (χ0) is 19.6. The Morgan fingerprint density at radius 3 is 2.63 bits per heavy atom. The smallest absolute Gasteiger partial charge is 0.310 e. The van der Waals surface area contributed by atoms with Crippen LogP contribution >= 0.6 is 0 Å². The molecule has 3 fully saturated rings. The van der Waals surface area contributed by atoms with Crippen LogP contribution in [0.15, 0.2) is 11.6 Å². The van der Waals surface area contributed by atoms with Crippen LogP contribution in [0.3, 0.4) is 0 Å². The molecule has 0 bridgehead atoms. The van der Waals surface area contributed by atoms with Gasteiger partial charge in [-0.15, -0.1) is 0 Å². The molecule has 0 amide bonds. The third-order valence-corrected chi connectivity index (χ3v) is 8.61. The number of allylic oxidation sites excluding steroid dienone is 1. The highest BCUT2D eigenvalue weighted by molar-refractivity contribution is 5.96. The average molecular weight is 374 g/mol. The number of rotatable bonds is 3. The van der Waals surface area contributed by atoms with Crippen LogP contribution in [0, 0.1) is 34.5 Å². The molecule has 0 radical (unpaired) electrons. The molecule has 5 heteroatoms. The minimum Gasteiger partial charge on any atom is -0.481 e. The van der Waals surface area contributed by atoms with Gasteiger partial charge in [-0.05, 0) is 73.2 Å². The Labute approximate surface area is 160 Å². The number of ketones is 2. The second kappa shape index (κ2) is 6.26. The van der Waals surface area contributed by atoms with E-state index in [1.165, 1.54) is 5.57 Å². The van der Waals surface area contributed by atoms with Gasteiger partial charge < -0.3 is 10.2 Å². The van der Waals surface area contributed by atoms with E-state index in [0.717, 1.165) is 32.1 Å². The zero-order valence-electron chi connectivity index (χ0n) is 16.2. The van der Waals surface area contributed by atoms with Crippen molar-refractivity contribution >= 4 is 17.5 Å². The predicted octanol–water partition coefficient (Wildman–Crippen LogP) is 3.15. The van der Waals surface area contributed by atoms with Gasteiger partial charge in [0.05, 0.1) is 6.10 Å². The summed E-state index contributed by atoms with van der Waals surface area (Å²) in [7, 11) is 0. The molecule has 3 saturated carbocycles. The highest BCUT2D eigenvalue weighted by Gasteiger charge is 2.62. The summed E-state index contributed by atoms with van der Waals surface area (Å²) in [5.41, 5.74) is 0.773. The maximum atomic E-state index is 12.6. The lowest BCUT2D eigenvalue weighted by molar-refractivity contribution is -0.149. The fraction of sp³-hybridized carbons (Fsp3) is 0.773. The molecule has 0 aromatic heterocycles. The van der Waals surface area contributed by atoms with Crippen LogP contribution < -0.4 is 0 Å². The molecule has 0 aromatic carbocycles. The summed E-state index contributed by atoms with van der Waals surface area (Å²) in [4.78, 5) is 35.6. The van der Waals surface area contributed by atoms with Crippen LogP contribution in [0.25, 0.3) is 0 Å². The van der Waals surface area contributed by atoms with Crippen molar-refractivity contribution in [3.05, 3.63) is 11.6 Å². The van der Waals surface area contributed by atoms with Crippen molar-refractivity contribution in [3.63, 3.8) is 0 Å². The molecule has 4 aliphatic carbocycles. The molecule has 0 saturated heterocycles. The number of carbonyl (C=O) groups is 3. The summed E-state index contributed by atoms with van der Waals surface area (Å²) in [6.07, 6.45) is 6.36. The van der Waals surface area contributed by atoms with Gasteiger partial charge in [-0.25, -0.2) is 0 Å². The number of carbonyl (C=O) groups excluding carboxylic acids is 2. The largest absolute Gasteiger partial charge is 0.481 e. The molecular formula is C22H30O5. The van der Waals surface area contributed by atoms with Crippen molar-refractivity contribution in [1.82, 2.24) is 0 Å².